The van der Waals surface area contributed by atoms with Crippen molar-refractivity contribution in [3.8, 4) is 5.75 Å². The standard InChI is InChI=1S/C16H16N4O2/c1-2-16(21)18-11-12-22-14-8-6-13(7-9-14)19-20-15-5-3-4-10-17-15/h2-10H,1,11-12H2,(H,18,21). The lowest BCUT2D eigenvalue weighted by Crippen LogP contribution is -2.26. The van der Waals surface area contributed by atoms with Gasteiger partial charge in [0.2, 0.25) is 5.91 Å². The van der Waals surface area contributed by atoms with Crippen molar-refractivity contribution in [3.05, 3.63) is 61.3 Å². The number of amides is 1. The number of ether oxygens (including phenoxy) is 1. The van der Waals surface area contributed by atoms with E-state index in [9.17, 15) is 4.79 Å². The lowest BCUT2D eigenvalue weighted by molar-refractivity contribution is -0.116. The molecule has 22 heavy (non-hydrogen) atoms. The third-order valence-electron chi connectivity index (χ3n) is 2.61. The van der Waals surface area contributed by atoms with Crippen molar-refractivity contribution >= 4 is 17.4 Å². The largest absolute Gasteiger partial charge is 0.492 e. The minimum atomic E-state index is -0.214. The summed E-state index contributed by atoms with van der Waals surface area (Å²) >= 11 is 0. The van der Waals surface area contributed by atoms with Crippen LogP contribution in [0.1, 0.15) is 0 Å². The molecule has 0 aliphatic carbocycles. The zero-order chi connectivity index (χ0) is 15.6. The monoisotopic (exact) mass is 296 g/mol. The SMILES string of the molecule is C=CC(=O)NCCOc1ccc(N=Nc2ccccn2)cc1. The molecule has 1 aromatic heterocycles. The zero-order valence-corrected chi connectivity index (χ0v) is 12.0. The number of carbonyl (C=O) groups is 1. The van der Waals surface area contributed by atoms with E-state index < -0.39 is 0 Å². The Balaban J connectivity index is 1.81. The van der Waals surface area contributed by atoms with Gasteiger partial charge in [0.25, 0.3) is 0 Å². The van der Waals surface area contributed by atoms with E-state index in [-0.39, 0.29) is 5.91 Å². The first-order chi connectivity index (χ1) is 10.8. The van der Waals surface area contributed by atoms with E-state index in [2.05, 4.69) is 27.1 Å². The summed E-state index contributed by atoms with van der Waals surface area (Å²) in [4.78, 5) is 15.0. The number of aromatic nitrogens is 1. The number of nitrogens with one attached hydrogen (secondary N) is 1. The second-order valence-electron chi connectivity index (χ2n) is 4.23. The highest BCUT2D eigenvalue weighted by molar-refractivity contribution is 5.86. The number of hydrogen-bond acceptors (Lipinski definition) is 5. The summed E-state index contributed by atoms with van der Waals surface area (Å²) in [6, 6.07) is 12.6. The van der Waals surface area contributed by atoms with Crippen molar-refractivity contribution < 1.29 is 9.53 Å². The van der Waals surface area contributed by atoms with Gasteiger partial charge in [0.1, 0.15) is 12.4 Å². The molecule has 0 radical (unpaired) electrons. The van der Waals surface area contributed by atoms with Gasteiger partial charge in [-0.05, 0) is 42.5 Å². The van der Waals surface area contributed by atoms with Gasteiger partial charge in [-0.2, -0.15) is 0 Å². The molecule has 112 valence electrons. The zero-order valence-electron chi connectivity index (χ0n) is 12.0. The molecule has 2 aromatic rings. The number of rotatable bonds is 7. The average Bonchev–Trinajstić information content (AvgIpc) is 2.58. The average molecular weight is 296 g/mol. The van der Waals surface area contributed by atoms with Crippen molar-refractivity contribution in [2.75, 3.05) is 13.2 Å². The molecule has 6 heteroatoms. The summed E-state index contributed by atoms with van der Waals surface area (Å²) in [5.41, 5.74) is 0.706. The topological polar surface area (TPSA) is 75.9 Å². The quantitative estimate of drug-likeness (QED) is 0.484. The fraction of sp³-hybridized carbons (Fsp3) is 0.125. The molecular weight excluding hydrogens is 280 g/mol. The molecule has 0 aliphatic rings. The van der Waals surface area contributed by atoms with Crippen LogP contribution in [-0.2, 0) is 4.79 Å². The maximum Gasteiger partial charge on any atom is 0.243 e. The highest BCUT2D eigenvalue weighted by Crippen LogP contribution is 2.20. The molecule has 0 atom stereocenters. The predicted molar refractivity (Wildman–Crippen MR) is 83.6 cm³/mol. The van der Waals surface area contributed by atoms with Crippen LogP contribution < -0.4 is 10.1 Å². The first-order valence-corrected chi connectivity index (χ1v) is 6.74. The van der Waals surface area contributed by atoms with E-state index in [4.69, 9.17) is 4.74 Å². The van der Waals surface area contributed by atoms with E-state index in [1.165, 1.54) is 6.08 Å². The summed E-state index contributed by atoms with van der Waals surface area (Å²) in [6.45, 7) is 4.18. The van der Waals surface area contributed by atoms with Crippen LogP contribution in [0.5, 0.6) is 5.75 Å². The van der Waals surface area contributed by atoms with Gasteiger partial charge in [0.05, 0.1) is 12.2 Å². The Labute approximate surface area is 128 Å². The van der Waals surface area contributed by atoms with Gasteiger partial charge in [-0.1, -0.05) is 12.6 Å². The molecule has 2 rings (SSSR count). The van der Waals surface area contributed by atoms with Crippen LogP contribution in [0.4, 0.5) is 11.5 Å². The van der Waals surface area contributed by atoms with E-state index in [0.29, 0.717) is 30.4 Å². The van der Waals surface area contributed by atoms with Gasteiger partial charge in [-0.15, -0.1) is 10.2 Å². The van der Waals surface area contributed by atoms with Gasteiger partial charge in [-0.25, -0.2) is 4.98 Å². The minimum Gasteiger partial charge on any atom is -0.492 e. The maximum absolute atomic E-state index is 10.9. The third kappa shape index (κ3) is 5.16. The van der Waals surface area contributed by atoms with Gasteiger partial charge >= 0.3 is 0 Å². The lowest BCUT2D eigenvalue weighted by atomic mass is 10.3. The van der Waals surface area contributed by atoms with E-state index in [1.807, 2.05) is 12.1 Å². The third-order valence-corrected chi connectivity index (χ3v) is 2.61. The fourth-order valence-corrected chi connectivity index (χ4v) is 1.55. The van der Waals surface area contributed by atoms with Crippen LogP contribution >= 0.6 is 0 Å². The van der Waals surface area contributed by atoms with Crippen LogP contribution in [0.3, 0.4) is 0 Å². The van der Waals surface area contributed by atoms with Crippen molar-refractivity contribution in [1.29, 1.82) is 0 Å². The first kappa shape index (κ1) is 15.4. The molecule has 0 fully saturated rings. The molecule has 0 saturated heterocycles. The summed E-state index contributed by atoms with van der Waals surface area (Å²) in [5, 5.41) is 10.7. The van der Waals surface area contributed by atoms with Crippen LogP contribution in [-0.4, -0.2) is 24.0 Å². The molecule has 1 aromatic carbocycles. The fourth-order valence-electron chi connectivity index (χ4n) is 1.55. The molecule has 1 heterocycles. The Morgan fingerprint density at radius 1 is 1.23 bits per heavy atom. The highest BCUT2D eigenvalue weighted by Gasteiger charge is 1.97. The molecule has 0 spiro atoms. The summed E-state index contributed by atoms with van der Waals surface area (Å²) in [7, 11) is 0. The summed E-state index contributed by atoms with van der Waals surface area (Å²) < 4.78 is 5.49. The van der Waals surface area contributed by atoms with Gasteiger partial charge in [0.15, 0.2) is 5.82 Å². The van der Waals surface area contributed by atoms with Crippen LogP contribution in [0.15, 0.2) is 71.5 Å². The molecule has 0 unspecified atom stereocenters. The lowest BCUT2D eigenvalue weighted by Gasteiger charge is -2.06. The molecule has 0 saturated carbocycles. The smallest absolute Gasteiger partial charge is 0.243 e. The number of carbonyl (C=O) groups excluding carboxylic acids is 1. The summed E-state index contributed by atoms with van der Waals surface area (Å²) in [6.07, 6.45) is 2.89. The predicted octanol–water partition coefficient (Wildman–Crippen LogP) is 3.18. The Morgan fingerprint density at radius 3 is 2.73 bits per heavy atom. The number of pyridine rings is 1. The first-order valence-electron chi connectivity index (χ1n) is 6.74. The van der Waals surface area contributed by atoms with Crippen LogP contribution in [0.25, 0.3) is 0 Å². The number of hydrogen-bond donors (Lipinski definition) is 1. The van der Waals surface area contributed by atoms with Gasteiger partial charge < -0.3 is 10.1 Å². The second kappa shape index (κ2) is 8.31. The number of nitrogens with zero attached hydrogens (tertiary/aromatic N) is 3. The second-order valence-corrected chi connectivity index (χ2v) is 4.23. The van der Waals surface area contributed by atoms with Gasteiger partial charge in [0, 0.05) is 6.20 Å². The van der Waals surface area contributed by atoms with Crippen LogP contribution in [0.2, 0.25) is 0 Å². The van der Waals surface area contributed by atoms with E-state index in [0.717, 1.165) is 0 Å². The Hall–Kier alpha value is -3.02. The highest BCUT2D eigenvalue weighted by atomic mass is 16.5. The minimum absolute atomic E-state index is 0.214. The number of azo groups is 1. The van der Waals surface area contributed by atoms with Crippen molar-refractivity contribution in [1.82, 2.24) is 10.3 Å². The Kier molecular flexibility index (Phi) is 5.80. The van der Waals surface area contributed by atoms with Crippen molar-refractivity contribution in [2.45, 2.75) is 0 Å². The maximum atomic E-state index is 10.9. The Morgan fingerprint density at radius 2 is 2.05 bits per heavy atom. The van der Waals surface area contributed by atoms with Crippen LogP contribution in [0, 0.1) is 0 Å². The number of benzene rings is 1. The Bertz CT molecular complexity index is 639. The molecule has 1 N–H and O–H groups in total. The van der Waals surface area contributed by atoms with E-state index >= 15 is 0 Å². The van der Waals surface area contributed by atoms with Gasteiger partial charge in [-0.3, -0.25) is 4.79 Å². The molecular formula is C16H16N4O2. The molecule has 0 bridgehead atoms. The summed E-state index contributed by atoms with van der Waals surface area (Å²) in [5.74, 6) is 1.04. The normalized spacial score (nSPS) is 10.4. The van der Waals surface area contributed by atoms with E-state index in [1.54, 1.807) is 36.5 Å². The van der Waals surface area contributed by atoms with Crippen molar-refractivity contribution in [2.24, 2.45) is 10.2 Å². The molecule has 1 amide bonds. The molecule has 6 nitrogen and oxygen atoms in total. The van der Waals surface area contributed by atoms with Crippen molar-refractivity contribution in [3.63, 3.8) is 0 Å². The molecule has 0 aliphatic heterocycles.